The van der Waals surface area contributed by atoms with Crippen LogP contribution in [0.1, 0.15) is 62.6 Å². The van der Waals surface area contributed by atoms with Crippen molar-refractivity contribution in [1.29, 1.82) is 0 Å². The van der Waals surface area contributed by atoms with E-state index in [9.17, 15) is 0 Å². The van der Waals surface area contributed by atoms with Crippen LogP contribution >= 0.6 is 11.6 Å². The molecule has 0 heterocycles. The van der Waals surface area contributed by atoms with Gasteiger partial charge in [-0.2, -0.15) is 0 Å². The van der Waals surface area contributed by atoms with Crippen molar-refractivity contribution in [2.75, 3.05) is 7.05 Å². The summed E-state index contributed by atoms with van der Waals surface area (Å²) in [6.07, 6.45) is 7.86. The van der Waals surface area contributed by atoms with Crippen LogP contribution in [-0.2, 0) is 0 Å². The zero-order valence-corrected chi connectivity index (χ0v) is 12.7. The van der Waals surface area contributed by atoms with Crippen molar-refractivity contribution in [2.24, 2.45) is 0 Å². The quantitative estimate of drug-likeness (QED) is 0.633. The zero-order chi connectivity index (χ0) is 13.4. The van der Waals surface area contributed by atoms with Gasteiger partial charge in [0, 0.05) is 11.1 Å². The van der Waals surface area contributed by atoms with E-state index in [1.165, 1.54) is 49.7 Å². The molecule has 102 valence electrons. The van der Waals surface area contributed by atoms with Crippen molar-refractivity contribution in [2.45, 2.75) is 58.4 Å². The second-order valence-corrected chi connectivity index (χ2v) is 5.48. The Morgan fingerprint density at radius 1 is 1.17 bits per heavy atom. The number of benzene rings is 1. The van der Waals surface area contributed by atoms with Gasteiger partial charge in [0.25, 0.3) is 0 Å². The van der Waals surface area contributed by atoms with Crippen LogP contribution in [0.5, 0.6) is 0 Å². The summed E-state index contributed by atoms with van der Waals surface area (Å²) in [5.74, 6) is 0. The summed E-state index contributed by atoms with van der Waals surface area (Å²) < 4.78 is 0. The first-order chi connectivity index (χ1) is 8.69. The molecule has 0 aliphatic carbocycles. The molecule has 18 heavy (non-hydrogen) atoms. The van der Waals surface area contributed by atoms with Crippen LogP contribution in [-0.4, -0.2) is 7.05 Å². The average Bonchev–Trinajstić information content (AvgIpc) is 2.37. The molecule has 0 spiro atoms. The van der Waals surface area contributed by atoms with Gasteiger partial charge in [-0.1, -0.05) is 56.7 Å². The Bertz CT molecular complexity index is 349. The maximum atomic E-state index is 6.09. The van der Waals surface area contributed by atoms with Gasteiger partial charge in [-0.3, -0.25) is 0 Å². The molecule has 1 rings (SSSR count). The molecule has 2 heteroatoms. The minimum absolute atomic E-state index is 0.435. The lowest BCUT2D eigenvalue weighted by molar-refractivity contribution is 0.499. The summed E-state index contributed by atoms with van der Waals surface area (Å²) in [5.41, 5.74) is 2.67. The third-order valence-corrected chi connectivity index (χ3v) is 3.80. The van der Waals surface area contributed by atoms with Crippen molar-refractivity contribution in [3.05, 3.63) is 34.3 Å². The van der Waals surface area contributed by atoms with E-state index in [-0.39, 0.29) is 0 Å². The van der Waals surface area contributed by atoms with Crippen molar-refractivity contribution < 1.29 is 0 Å². The molecular weight excluding hydrogens is 242 g/mol. The second kappa shape index (κ2) is 8.55. The molecule has 1 nitrogen and oxygen atoms in total. The highest BCUT2D eigenvalue weighted by atomic mass is 35.5. The molecule has 1 unspecified atom stereocenters. The maximum absolute atomic E-state index is 6.09. The van der Waals surface area contributed by atoms with Gasteiger partial charge in [0.1, 0.15) is 0 Å². The molecule has 0 radical (unpaired) electrons. The van der Waals surface area contributed by atoms with Gasteiger partial charge in [-0.25, -0.2) is 0 Å². The van der Waals surface area contributed by atoms with E-state index >= 15 is 0 Å². The normalized spacial score (nSPS) is 12.7. The number of rotatable bonds is 8. The van der Waals surface area contributed by atoms with E-state index in [1.54, 1.807) is 0 Å². The molecule has 0 saturated heterocycles. The van der Waals surface area contributed by atoms with E-state index in [1.807, 2.05) is 13.1 Å². The first kappa shape index (κ1) is 15.5. The number of unbranched alkanes of at least 4 members (excludes halogenated alkanes) is 4. The Hall–Kier alpha value is -0.530. The fraction of sp³-hybridized carbons (Fsp3) is 0.625. The van der Waals surface area contributed by atoms with Gasteiger partial charge in [0.05, 0.1) is 0 Å². The van der Waals surface area contributed by atoms with Crippen LogP contribution in [0.15, 0.2) is 18.2 Å². The molecular formula is C16H26ClN. The van der Waals surface area contributed by atoms with Crippen LogP contribution in [0.2, 0.25) is 5.02 Å². The van der Waals surface area contributed by atoms with Crippen molar-refractivity contribution in [1.82, 2.24) is 5.32 Å². The third kappa shape index (κ3) is 4.99. The van der Waals surface area contributed by atoms with Gasteiger partial charge in [-0.05, 0) is 43.7 Å². The predicted octanol–water partition coefficient (Wildman–Crippen LogP) is 5.27. The predicted molar refractivity (Wildman–Crippen MR) is 81.4 cm³/mol. The fourth-order valence-corrected chi connectivity index (χ4v) is 2.57. The van der Waals surface area contributed by atoms with Gasteiger partial charge in [0.2, 0.25) is 0 Å². The van der Waals surface area contributed by atoms with Gasteiger partial charge in [0.15, 0.2) is 0 Å². The number of hydrogen-bond acceptors (Lipinski definition) is 1. The number of hydrogen-bond donors (Lipinski definition) is 1. The molecule has 0 aliphatic rings. The lowest BCUT2D eigenvalue weighted by Gasteiger charge is -2.19. The summed E-state index contributed by atoms with van der Waals surface area (Å²) in [7, 11) is 2.04. The number of halogens is 1. The number of aryl methyl sites for hydroxylation is 1. The minimum atomic E-state index is 0.435. The van der Waals surface area contributed by atoms with E-state index in [2.05, 4.69) is 31.3 Å². The average molecular weight is 268 g/mol. The smallest absolute Gasteiger partial charge is 0.0409 e. The van der Waals surface area contributed by atoms with Gasteiger partial charge in [-0.15, -0.1) is 0 Å². The van der Waals surface area contributed by atoms with Gasteiger partial charge >= 0.3 is 0 Å². The minimum Gasteiger partial charge on any atom is -0.313 e. The Labute approximate surface area is 117 Å². The highest BCUT2D eigenvalue weighted by molar-refractivity contribution is 6.30. The summed E-state index contributed by atoms with van der Waals surface area (Å²) in [6, 6.07) is 6.61. The Balaban J connectivity index is 2.52. The van der Waals surface area contributed by atoms with E-state index in [0.29, 0.717) is 6.04 Å². The summed E-state index contributed by atoms with van der Waals surface area (Å²) in [6.45, 7) is 4.42. The lowest BCUT2D eigenvalue weighted by atomic mass is 9.96. The maximum Gasteiger partial charge on any atom is 0.0409 e. The van der Waals surface area contributed by atoms with E-state index < -0.39 is 0 Å². The highest BCUT2D eigenvalue weighted by Gasteiger charge is 2.11. The molecule has 0 bridgehead atoms. The van der Waals surface area contributed by atoms with Crippen molar-refractivity contribution in [3.63, 3.8) is 0 Å². The lowest BCUT2D eigenvalue weighted by Crippen LogP contribution is -2.17. The Morgan fingerprint density at radius 2 is 1.89 bits per heavy atom. The topological polar surface area (TPSA) is 12.0 Å². The fourth-order valence-electron chi connectivity index (χ4n) is 2.39. The molecule has 1 aromatic rings. The Kier molecular flexibility index (Phi) is 7.38. The van der Waals surface area contributed by atoms with Gasteiger partial charge < -0.3 is 5.32 Å². The Morgan fingerprint density at radius 3 is 2.56 bits per heavy atom. The zero-order valence-electron chi connectivity index (χ0n) is 11.9. The molecule has 1 atom stereocenters. The standard InChI is InChI=1S/C16H26ClN/c1-4-5-6-7-8-9-16(18-3)15-12-14(17)11-10-13(15)2/h10-12,16,18H,4-9H2,1-3H3. The largest absolute Gasteiger partial charge is 0.313 e. The third-order valence-electron chi connectivity index (χ3n) is 3.56. The summed E-state index contributed by atoms with van der Waals surface area (Å²) in [5, 5.41) is 4.25. The highest BCUT2D eigenvalue weighted by Crippen LogP contribution is 2.25. The van der Waals surface area contributed by atoms with E-state index in [0.717, 1.165) is 5.02 Å². The summed E-state index contributed by atoms with van der Waals surface area (Å²) in [4.78, 5) is 0. The van der Waals surface area contributed by atoms with Crippen LogP contribution < -0.4 is 5.32 Å². The van der Waals surface area contributed by atoms with Crippen LogP contribution in [0.25, 0.3) is 0 Å². The SMILES string of the molecule is CCCCCCCC(NC)c1cc(Cl)ccc1C. The first-order valence-corrected chi connectivity index (χ1v) is 7.50. The molecule has 1 N–H and O–H groups in total. The first-order valence-electron chi connectivity index (χ1n) is 7.12. The van der Waals surface area contributed by atoms with Crippen molar-refractivity contribution in [3.8, 4) is 0 Å². The molecule has 1 aromatic carbocycles. The molecule has 0 fully saturated rings. The molecule has 0 amide bonds. The van der Waals surface area contributed by atoms with Crippen molar-refractivity contribution >= 4 is 11.6 Å². The number of nitrogens with one attached hydrogen (secondary N) is 1. The second-order valence-electron chi connectivity index (χ2n) is 5.05. The van der Waals surface area contributed by atoms with E-state index in [4.69, 9.17) is 11.6 Å². The molecule has 0 aliphatic heterocycles. The molecule has 0 aromatic heterocycles. The molecule has 0 saturated carbocycles. The van der Waals surface area contributed by atoms with Crippen LogP contribution in [0.4, 0.5) is 0 Å². The van der Waals surface area contributed by atoms with Crippen LogP contribution in [0, 0.1) is 6.92 Å². The summed E-state index contributed by atoms with van der Waals surface area (Å²) >= 11 is 6.09. The monoisotopic (exact) mass is 267 g/mol. The van der Waals surface area contributed by atoms with Crippen LogP contribution in [0.3, 0.4) is 0 Å².